The van der Waals surface area contributed by atoms with Crippen LogP contribution >= 0.6 is 15.9 Å². The van der Waals surface area contributed by atoms with Gasteiger partial charge in [0.2, 0.25) is 0 Å². The van der Waals surface area contributed by atoms with Crippen LogP contribution in [-0.2, 0) is 4.74 Å². The van der Waals surface area contributed by atoms with E-state index in [-0.39, 0.29) is 6.09 Å². The minimum Gasteiger partial charge on any atom is -0.450 e. The third-order valence-electron chi connectivity index (χ3n) is 4.72. The smallest absolute Gasteiger partial charge is 0.409 e. The van der Waals surface area contributed by atoms with Gasteiger partial charge in [0.1, 0.15) is 0 Å². The first-order valence-electron chi connectivity index (χ1n) is 8.77. The molecule has 0 bridgehead atoms. The Hall–Kier alpha value is -1.76. The van der Waals surface area contributed by atoms with Crippen LogP contribution in [0.3, 0.4) is 0 Å². The maximum atomic E-state index is 11.8. The Kier molecular flexibility index (Phi) is 5.83. The summed E-state index contributed by atoms with van der Waals surface area (Å²) in [6, 6.07) is 8.97. The standard InChI is InChI=1S/C18H25BrN4O2/c1-3-25-18(24)23-10-8-22(9-11-23)17(20-2)21-16-12-15(16)13-4-6-14(19)7-5-13/h4-7,15-16H,3,8-12H2,1-2H3,(H,20,21). The van der Waals surface area contributed by atoms with E-state index in [1.807, 2.05) is 14.0 Å². The fourth-order valence-electron chi connectivity index (χ4n) is 3.21. The second-order valence-corrected chi connectivity index (χ2v) is 7.28. The number of rotatable bonds is 3. The van der Waals surface area contributed by atoms with Crippen molar-refractivity contribution in [3.05, 3.63) is 34.3 Å². The summed E-state index contributed by atoms with van der Waals surface area (Å²) in [5.74, 6) is 1.47. The molecule has 1 saturated heterocycles. The van der Waals surface area contributed by atoms with Gasteiger partial charge in [-0.1, -0.05) is 28.1 Å². The van der Waals surface area contributed by atoms with Gasteiger partial charge >= 0.3 is 6.09 Å². The van der Waals surface area contributed by atoms with E-state index in [0.29, 0.717) is 31.7 Å². The van der Waals surface area contributed by atoms with Crippen LogP contribution in [0.1, 0.15) is 24.8 Å². The fourth-order valence-corrected chi connectivity index (χ4v) is 3.48. The molecule has 1 saturated carbocycles. The number of aliphatic imine (C=N–C) groups is 1. The number of guanidine groups is 1. The topological polar surface area (TPSA) is 57.2 Å². The SMILES string of the molecule is CCOC(=O)N1CCN(C(=NC)NC2CC2c2ccc(Br)cc2)CC1. The summed E-state index contributed by atoms with van der Waals surface area (Å²) in [5, 5.41) is 3.57. The molecule has 6 nitrogen and oxygen atoms in total. The molecule has 0 spiro atoms. The number of hydrogen-bond acceptors (Lipinski definition) is 3. The maximum absolute atomic E-state index is 11.8. The lowest BCUT2D eigenvalue weighted by Gasteiger charge is -2.36. The van der Waals surface area contributed by atoms with Crippen LogP contribution in [0.25, 0.3) is 0 Å². The van der Waals surface area contributed by atoms with E-state index in [9.17, 15) is 4.79 Å². The van der Waals surface area contributed by atoms with Crippen molar-refractivity contribution in [1.29, 1.82) is 0 Å². The van der Waals surface area contributed by atoms with Gasteiger partial charge < -0.3 is 19.9 Å². The first-order valence-corrected chi connectivity index (χ1v) is 9.57. The van der Waals surface area contributed by atoms with E-state index in [4.69, 9.17) is 4.74 Å². The van der Waals surface area contributed by atoms with Gasteiger partial charge in [-0.3, -0.25) is 4.99 Å². The van der Waals surface area contributed by atoms with Crippen molar-refractivity contribution in [2.24, 2.45) is 4.99 Å². The Labute approximate surface area is 157 Å². The van der Waals surface area contributed by atoms with Crippen molar-refractivity contribution >= 4 is 28.0 Å². The van der Waals surface area contributed by atoms with E-state index in [2.05, 4.69) is 55.4 Å². The van der Waals surface area contributed by atoms with E-state index in [1.54, 1.807) is 4.90 Å². The molecule has 2 unspecified atom stereocenters. The second kappa shape index (κ2) is 8.08. The fraction of sp³-hybridized carbons (Fsp3) is 0.556. The average Bonchev–Trinajstić information content (AvgIpc) is 3.40. The highest BCUT2D eigenvalue weighted by molar-refractivity contribution is 9.10. The zero-order chi connectivity index (χ0) is 17.8. The van der Waals surface area contributed by atoms with Gasteiger partial charge in [-0.2, -0.15) is 0 Å². The molecule has 3 rings (SSSR count). The van der Waals surface area contributed by atoms with Gasteiger partial charge in [0.25, 0.3) is 0 Å². The number of hydrogen-bond donors (Lipinski definition) is 1. The molecule has 2 atom stereocenters. The molecule has 0 radical (unpaired) electrons. The van der Waals surface area contributed by atoms with Crippen molar-refractivity contribution < 1.29 is 9.53 Å². The molecule has 1 aliphatic heterocycles. The number of carbonyl (C=O) groups is 1. The summed E-state index contributed by atoms with van der Waals surface area (Å²) in [4.78, 5) is 20.2. The minimum atomic E-state index is -0.220. The molecule has 1 aliphatic carbocycles. The minimum absolute atomic E-state index is 0.220. The number of halogens is 1. The highest BCUT2D eigenvalue weighted by Gasteiger charge is 2.39. The van der Waals surface area contributed by atoms with Crippen LogP contribution in [0.15, 0.2) is 33.7 Å². The average molecular weight is 409 g/mol. The molecular weight excluding hydrogens is 384 g/mol. The molecule has 1 heterocycles. The number of amides is 1. The van der Waals surface area contributed by atoms with Gasteiger partial charge in [0.15, 0.2) is 5.96 Å². The van der Waals surface area contributed by atoms with Crippen molar-refractivity contribution in [2.45, 2.75) is 25.3 Å². The summed E-state index contributed by atoms with van der Waals surface area (Å²) < 4.78 is 6.18. The number of ether oxygens (including phenoxy) is 1. The first-order chi connectivity index (χ1) is 12.1. The molecular formula is C18H25BrN4O2. The van der Waals surface area contributed by atoms with Gasteiger partial charge in [0, 0.05) is 49.7 Å². The molecule has 1 aromatic carbocycles. The second-order valence-electron chi connectivity index (χ2n) is 6.36. The molecule has 1 N–H and O–H groups in total. The third kappa shape index (κ3) is 4.45. The van der Waals surface area contributed by atoms with Gasteiger partial charge in [-0.05, 0) is 31.0 Å². The lowest BCUT2D eigenvalue weighted by atomic mass is 10.1. The number of piperazine rings is 1. The van der Waals surface area contributed by atoms with Crippen LogP contribution in [0.5, 0.6) is 0 Å². The van der Waals surface area contributed by atoms with E-state index >= 15 is 0 Å². The molecule has 0 aromatic heterocycles. The largest absolute Gasteiger partial charge is 0.450 e. The van der Waals surface area contributed by atoms with E-state index in [0.717, 1.165) is 29.9 Å². The zero-order valence-corrected chi connectivity index (χ0v) is 16.3. The molecule has 25 heavy (non-hydrogen) atoms. The molecule has 7 heteroatoms. The van der Waals surface area contributed by atoms with Crippen molar-refractivity contribution in [2.75, 3.05) is 39.8 Å². The predicted molar refractivity (Wildman–Crippen MR) is 102 cm³/mol. The third-order valence-corrected chi connectivity index (χ3v) is 5.25. The Balaban J connectivity index is 1.50. The maximum Gasteiger partial charge on any atom is 0.409 e. The zero-order valence-electron chi connectivity index (χ0n) is 14.7. The Morgan fingerprint density at radius 2 is 1.88 bits per heavy atom. The molecule has 2 fully saturated rings. The van der Waals surface area contributed by atoms with Crippen LogP contribution in [0.4, 0.5) is 4.79 Å². The highest BCUT2D eigenvalue weighted by atomic mass is 79.9. The highest BCUT2D eigenvalue weighted by Crippen LogP contribution is 2.41. The first kappa shape index (κ1) is 18.0. The van der Waals surface area contributed by atoms with Crippen LogP contribution in [0.2, 0.25) is 0 Å². The molecule has 136 valence electrons. The van der Waals surface area contributed by atoms with Crippen molar-refractivity contribution in [3.8, 4) is 0 Å². The monoisotopic (exact) mass is 408 g/mol. The normalized spacial score (nSPS) is 23.4. The lowest BCUT2D eigenvalue weighted by Crippen LogP contribution is -2.54. The summed E-state index contributed by atoms with van der Waals surface area (Å²) in [6.45, 7) is 5.13. The van der Waals surface area contributed by atoms with E-state index in [1.165, 1.54) is 5.56 Å². The number of nitrogens with one attached hydrogen (secondary N) is 1. The van der Waals surface area contributed by atoms with Crippen LogP contribution in [0, 0.1) is 0 Å². The van der Waals surface area contributed by atoms with E-state index < -0.39 is 0 Å². The van der Waals surface area contributed by atoms with Crippen molar-refractivity contribution in [1.82, 2.24) is 15.1 Å². The summed E-state index contributed by atoms with van der Waals surface area (Å²) in [5.41, 5.74) is 1.36. The molecule has 1 amide bonds. The van der Waals surface area contributed by atoms with Gasteiger partial charge in [-0.15, -0.1) is 0 Å². The number of nitrogens with zero attached hydrogens (tertiary/aromatic N) is 3. The Morgan fingerprint density at radius 1 is 1.24 bits per heavy atom. The number of carbonyl (C=O) groups excluding carboxylic acids is 1. The van der Waals surface area contributed by atoms with Crippen LogP contribution < -0.4 is 5.32 Å². The summed E-state index contributed by atoms with van der Waals surface area (Å²) in [7, 11) is 1.82. The lowest BCUT2D eigenvalue weighted by molar-refractivity contribution is 0.0914. The number of benzene rings is 1. The molecule has 1 aromatic rings. The Bertz CT molecular complexity index is 626. The van der Waals surface area contributed by atoms with Gasteiger partial charge in [0.05, 0.1) is 6.61 Å². The predicted octanol–water partition coefficient (Wildman–Crippen LogP) is 2.65. The van der Waals surface area contributed by atoms with Crippen LogP contribution in [-0.4, -0.2) is 67.7 Å². The Morgan fingerprint density at radius 3 is 2.48 bits per heavy atom. The van der Waals surface area contributed by atoms with Gasteiger partial charge in [-0.25, -0.2) is 4.79 Å². The molecule has 2 aliphatic rings. The summed E-state index contributed by atoms with van der Waals surface area (Å²) in [6.07, 6.45) is 0.909. The quantitative estimate of drug-likeness (QED) is 0.616. The van der Waals surface area contributed by atoms with Crippen molar-refractivity contribution in [3.63, 3.8) is 0 Å². The summed E-state index contributed by atoms with van der Waals surface area (Å²) >= 11 is 3.48.